The number of amides is 1. The summed E-state index contributed by atoms with van der Waals surface area (Å²) in [6.45, 7) is 0.801. The van der Waals surface area contributed by atoms with Gasteiger partial charge in [-0.1, -0.05) is 0 Å². The minimum atomic E-state index is 0.0370. The van der Waals surface area contributed by atoms with Gasteiger partial charge in [0.2, 0.25) is 5.91 Å². The van der Waals surface area contributed by atoms with Gasteiger partial charge < -0.3 is 10.3 Å². The van der Waals surface area contributed by atoms with Crippen LogP contribution in [-0.2, 0) is 4.79 Å². The molecule has 0 saturated carbocycles. The maximum atomic E-state index is 10.8. The van der Waals surface area contributed by atoms with Crippen molar-refractivity contribution < 1.29 is 4.79 Å². The summed E-state index contributed by atoms with van der Waals surface area (Å²) in [5.74, 6) is 0.149. The second-order valence-corrected chi connectivity index (χ2v) is 2.09. The number of hydrogen-bond donors (Lipinski definition) is 1. The Morgan fingerprint density at radius 1 is 1.89 bits per heavy atom. The molecule has 3 heteroatoms. The first kappa shape index (κ1) is 6.26. The number of carbonyl (C=O) groups excluding carboxylic acids is 1. The minimum absolute atomic E-state index is 0.0370. The quantitative estimate of drug-likeness (QED) is 0.487. The molecule has 0 aromatic heterocycles. The van der Waals surface area contributed by atoms with Crippen molar-refractivity contribution in [3.8, 4) is 0 Å². The molecule has 1 rings (SSSR count). The molecule has 0 aromatic rings. The van der Waals surface area contributed by atoms with E-state index in [1.807, 2.05) is 0 Å². The summed E-state index contributed by atoms with van der Waals surface area (Å²) in [6, 6.07) is 0. The molecule has 1 N–H and O–H groups in total. The summed E-state index contributed by atoms with van der Waals surface area (Å²) in [4.78, 5) is 14.5. The van der Waals surface area contributed by atoms with E-state index in [0.717, 1.165) is 13.0 Å². The molecule has 1 saturated heterocycles. The molecule has 9 heavy (non-hydrogen) atoms. The molecule has 0 radical (unpaired) electrons. The molecule has 0 aromatic carbocycles. The lowest BCUT2D eigenvalue weighted by Crippen LogP contribution is -2.19. The fourth-order valence-electron chi connectivity index (χ4n) is 0.935. The topological polar surface area (TPSA) is 41.5 Å². The zero-order chi connectivity index (χ0) is 6.69. The summed E-state index contributed by atoms with van der Waals surface area (Å²) >= 11 is 0. The molecule has 1 unspecified atom stereocenters. The van der Waals surface area contributed by atoms with Crippen LogP contribution in [0.2, 0.25) is 0 Å². The molecular weight excluding hydrogens is 116 g/mol. The minimum Gasteiger partial charge on any atom is -0.356 e. The Morgan fingerprint density at radius 2 is 2.67 bits per heavy atom. The lowest BCUT2D eigenvalue weighted by atomic mass is 10.1. The summed E-state index contributed by atoms with van der Waals surface area (Å²) in [5.41, 5.74) is 0. The molecule has 1 heterocycles. The Hall–Kier alpha value is -0.860. The van der Waals surface area contributed by atoms with E-state index in [-0.39, 0.29) is 11.8 Å². The number of rotatable bonds is 1. The van der Waals surface area contributed by atoms with Crippen molar-refractivity contribution in [3.05, 3.63) is 0 Å². The van der Waals surface area contributed by atoms with E-state index < -0.39 is 0 Å². The van der Waals surface area contributed by atoms with Crippen LogP contribution < -0.4 is 5.32 Å². The Kier molecular flexibility index (Phi) is 1.82. The van der Waals surface area contributed by atoms with Crippen LogP contribution in [0.15, 0.2) is 4.99 Å². The number of nitrogens with zero attached hydrogens (tertiary/aromatic N) is 1. The van der Waals surface area contributed by atoms with E-state index in [1.54, 1.807) is 13.3 Å². The van der Waals surface area contributed by atoms with Gasteiger partial charge in [-0.15, -0.1) is 0 Å². The van der Waals surface area contributed by atoms with Gasteiger partial charge in [-0.3, -0.25) is 4.79 Å². The average molecular weight is 126 g/mol. The predicted molar refractivity (Wildman–Crippen MR) is 35.5 cm³/mol. The Bertz CT molecular complexity index is 142. The summed E-state index contributed by atoms with van der Waals surface area (Å²) in [6.07, 6.45) is 2.60. The fourth-order valence-corrected chi connectivity index (χ4v) is 0.935. The van der Waals surface area contributed by atoms with Crippen LogP contribution in [-0.4, -0.2) is 25.7 Å². The third-order valence-electron chi connectivity index (χ3n) is 1.42. The van der Waals surface area contributed by atoms with E-state index in [4.69, 9.17) is 0 Å². The van der Waals surface area contributed by atoms with Gasteiger partial charge in [-0.2, -0.15) is 0 Å². The van der Waals surface area contributed by atoms with Gasteiger partial charge >= 0.3 is 0 Å². The van der Waals surface area contributed by atoms with Gasteiger partial charge in [0.05, 0.1) is 5.92 Å². The number of aliphatic imine (C=N–C) groups is 1. The van der Waals surface area contributed by atoms with Gasteiger partial charge in [0, 0.05) is 19.8 Å². The van der Waals surface area contributed by atoms with Gasteiger partial charge in [-0.05, 0) is 6.42 Å². The highest BCUT2D eigenvalue weighted by molar-refractivity contribution is 5.94. The van der Waals surface area contributed by atoms with Gasteiger partial charge in [0.1, 0.15) is 0 Å². The Balaban J connectivity index is 2.49. The standard InChI is InChI=1S/C6H10N2O/c1-7-4-5-2-3-8-6(5)9/h4-5H,2-3H2,1H3,(H,8,9). The fraction of sp³-hybridized carbons (Fsp3) is 0.667. The molecule has 1 amide bonds. The monoisotopic (exact) mass is 126 g/mol. The maximum Gasteiger partial charge on any atom is 0.228 e. The number of nitrogens with one attached hydrogen (secondary N) is 1. The molecule has 1 fully saturated rings. The molecule has 1 atom stereocenters. The Labute approximate surface area is 54.2 Å². The first-order valence-corrected chi connectivity index (χ1v) is 3.04. The van der Waals surface area contributed by atoms with E-state index in [2.05, 4.69) is 10.3 Å². The van der Waals surface area contributed by atoms with Crippen LogP contribution in [0.5, 0.6) is 0 Å². The number of carbonyl (C=O) groups is 1. The normalized spacial score (nSPS) is 27.2. The third kappa shape index (κ3) is 1.28. The first-order valence-electron chi connectivity index (χ1n) is 3.04. The van der Waals surface area contributed by atoms with Crippen molar-refractivity contribution in [1.82, 2.24) is 5.32 Å². The molecule has 1 aliphatic heterocycles. The van der Waals surface area contributed by atoms with E-state index in [1.165, 1.54) is 0 Å². The zero-order valence-electron chi connectivity index (χ0n) is 5.42. The lowest BCUT2D eigenvalue weighted by Gasteiger charge is -1.93. The number of hydrogen-bond acceptors (Lipinski definition) is 2. The molecule has 0 spiro atoms. The van der Waals surface area contributed by atoms with Gasteiger partial charge in [0.15, 0.2) is 0 Å². The highest BCUT2D eigenvalue weighted by atomic mass is 16.2. The van der Waals surface area contributed by atoms with Crippen LogP contribution in [0, 0.1) is 5.92 Å². The summed E-state index contributed by atoms with van der Waals surface area (Å²) in [5, 5.41) is 2.72. The highest BCUT2D eigenvalue weighted by Crippen LogP contribution is 2.04. The summed E-state index contributed by atoms with van der Waals surface area (Å²) < 4.78 is 0. The molecule has 50 valence electrons. The molecular formula is C6H10N2O. The third-order valence-corrected chi connectivity index (χ3v) is 1.42. The van der Waals surface area contributed by atoms with Crippen LogP contribution in [0.4, 0.5) is 0 Å². The van der Waals surface area contributed by atoms with Gasteiger partial charge in [-0.25, -0.2) is 0 Å². The predicted octanol–water partition coefficient (Wildman–Crippen LogP) is -0.177. The SMILES string of the molecule is CN=CC1CCNC1=O. The van der Waals surface area contributed by atoms with Crippen molar-refractivity contribution in [3.63, 3.8) is 0 Å². The average Bonchev–Trinajstić information content (AvgIpc) is 2.18. The second kappa shape index (κ2) is 2.62. The largest absolute Gasteiger partial charge is 0.356 e. The lowest BCUT2D eigenvalue weighted by molar-refractivity contribution is -0.120. The molecule has 0 aliphatic carbocycles. The Morgan fingerprint density at radius 3 is 3.11 bits per heavy atom. The van der Waals surface area contributed by atoms with Crippen LogP contribution in [0.3, 0.4) is 0 Å². The molecule has 3 nitrogen and oxygen atoms in total. The van der Waals surface area contributed by atoms with Crippen LogP contribution in [0.25, 0.3) is 0 Å². The maximum absolute atomic E-state index is 10.8. The highest BCUT2D eigenvalue weighted by Gasteiger charge is 2.20. The summed E-state index contributed by atoms with van der Waals surface area (Å²) in [7, 11) is 1.69. The van der Waals surface area contributed by atoms with Crippen molar-refractivity contribution in [2.45, 2.75) is 6.42 Å². The smallest absolute Gasteiger partial charge is 0.228 e. The van der Waals surface area contributed by atoms with Gasteiger partial charge in [0.25, 0.3) is 0 Å². The van der Waals surface area contributed by atoms with Crippen LogP contribution >= 0.6 is 0 Å². The van der Waals surface area contributed by atoms with Crippen molar-refractivity contribution in [2.75, 3.05) is 13.6 Å². The molecule has 1 aliphatic rings. The van der Waals surface area contributed by atoms with Crippen LogP contribution in [0.1, 0.15) is 6.42 Å². The van der Waals surface area contributed by atoms with E-state index in [9.17, 15) is 4.79 Å². The van der Waals surface area contributed by atoms with E-state index in [0.29, 0.717) is 0 Å². The van der Waals surface area contributed by atoms with Crippen molar-refractivity contribution in [2.24, 2.45) is 10.9 Å². The van der Waals surface area contributed by atoms with E-state index >= 15 is 0 Å². The zero-order valence-corrected chi connectivity index (χ0v) is 5.42. The first-order chi connectivity index (χ1) is 4.34. The van der Waals surface area contributed by atoms with Crippen molar-refractivity contribution >= 4 is 12.1 Å². The molecule has 0 bridgehead atoms. The second-order valence-electron chi connectivity index (χ2n) is 2.09. The van der Waals surface area contributed by atoms with Crippen molar-refractivity contribution in [1.29, 1.82) is 0 Å².